The van der Waals surface area contributed by atoms with Crippen LogP contribution in [0.5, 0.6) is 0 Å². The van der Waals surface area contributed by atoms with Gasteiger partial charge < -0.3 is 24.7 Å². The summed E-state index contributed by atoms with van der Waals surface area (Å²) in [4.78, 5) is 37.8. The van der Waals surface area contributed by atoms with Crippen LogP contribution in [0.3, 0.4) is 0 Å². The van der Waals surface area contributed by atoms with Crippen LogP contribution in [-0.2, 0) is 11.3 Å². The molecule has 2 aromatic rings. The molecule has 1 aromatic heterocycles. The second-order valence-electron chi connectivity index (χ2n) is 6.61. The van der Waals surface area contributed by atoms with Crippen LogP contribution in [0.15, 0.2) is 41.0 Å². The molecule has 0 spiro atoms. The minimum Gasteiger partial charge on any atom is -0.459 e. The van der Waals surface area contributed by atoms with Crippen molar-refractivity contribution in [2.24, 2.45) is 0 Å². The summed E-state index contributed by atoms with van der Waals surface area (Å²) in [5.74, 6) is -0.213. The number of esters is 1. The van der Waals surface area contributed by atoms with Gasteiger partial charge in [0.25, 0.3) is 5.91 Å². The van der Waals surface area contributed by atoms with Crippen LogP contribution >= 0.6 is 0 Å². The van der Waals surface area contributed by atoms with Crippen molar-refractivity contribution in [3.05, 3.63) is 53.5 Å². The van der Waals surface area contributed by atoms with Crippen LogP contribution in [0.4, 0.5) is 10.5 Å². The van der Waals surface area contributed by atoms with E-state index in [4.69, 9.17) is 9.15 Å². The molecular weight excluding hydrogens is 350 g/mol. The number of benzene rings is 1. The van der Waals surface area contributed by atoms with Gasteiger partial charge in [-0.05, 0) is 43.2 Å². The average molecular weight is 369 g/mol. The molecular formula is C19H19N3O5. The fourth-order valence-electron chi connectivity index (χ4n) is 3.40. The fraction of sp³-hybridized carbons (Fsp3) is 0.316. The summed E-state index contributed by atoms with van der Waals surface area (Å²) >= 11 is 0. The van der Waals surface area contributed by atoms with Crippen molar-refractivity contribution in [3.63, 3.8) is 0 Å². The topological polar surface area (TPSA) is 101 Å². The molecule has 2 N–H and O–H groups in total. The molecule has 3 heterocycles. The number of carbonyl (C=O) groups excluding carboxylic acids is 3. The minimum absolute atomic E-state index is 0.142. The third-order valence-corrected chi connectivity index (χ3v) is 4.72. The van der Waals surface area contributed by atoms with E-state index in [1.165, 1.54) is 6.26 Å². The van der Waals surface area contributed by atoms with Gasteiger partial charge in [-0.3, -0.25) is 4.79 Å². The molecule has 140 valence electrons. The second-order valence-corrected chi connectivity index (χ2v) is 6.61. The predicted octanol–water partition coefficient (Wildman–Crippen LogP) is 2.38. The van der Waals surface area contributed by atoms with Gasteiger partial charge in [0.2, 0.25) is 0 Å². The van der Waals surface area contributed by atoms with Crippen molar-refractivity contribution in [2.75, 3.05) is 18.4 Å². The lowest BCUT2D eigenvalue weighted by atomic mass is 10.1. The molecule has 8 heteroatoms. The van der Waals surface area contributed by atoms with Gasteiger partial charge in [-0.1, -0.05) is 0 Å². The molecule has 0 saturated carbocycles. The summed E-state index contributed by atoms with van der Waals surface area (Å²) in [6.07, 6.45) is 3.06. The predicted molar refractivity (Wildman–Crippen MR) is 95.3 cm³/mol. The number of amides is 3. The normalized spacial score (nSPS) is 18.6. The summed E-state index contributed by atoms with van der Waals surface area (Å²) < 4.78 is 10.1. The number of furan rings is 1. The van der Waals surface area contributed by atoms with Crippen LogP contribution < -0.4 is 10.6 Å². The van der Waals surface area contributed by atoms with Crippen molar-refractivity contribution in [1.29, 1.82) is 0 Å². The quantitative estimate of drug-likeness (QED) is 0.809. The molecule has 4 rings (SSSR count). The van der Waals surface area contributed by atoms with Crippen LogP contribution in [-0.4, -0.2) is 41.9 Å². The van der Waals surface area contributed by atoms with Crippen LogP contribution in [0.1, 0.15) is 39.3 Å². The first kappa shape index (κ1) is 17.1. The minimum atomic E-state index is -0.350. The van der Waals surface area contributed by atoms with Crippen molar-refractivity contribution in [1.82, 2.24) is 10.2 Å². The van der Waals surface area contributed by atoms with Gasteiger partial charge >= 0.3 is 12.0 Å². The van der Waals surface area contributed by atoms with Gasteiger partial charge in [-0.15, -0.1) is 0 Å². The maximum absolute atomic E-state index is 12.4. The van der Waals surface area contributed by atoms with Crippen molar-refractivity contribution >= 4 is 23.6 Å². The zero-order valence-corrected chi connectivity index (χ0v) is 14.6. The molecule has 0 bridgehead atoms. The number of fused-ring (bicyclic) bond motifs is 1. The first-order chi connectivity index (χ1) is 13.1. The fourth-order valence-corrected chi connectivity index (χ4v) is 3.40. The number of nitrogens with zero attached hydrogens (tertiary/aromatic N) is 1. The summed E-state index contributed by atoms with van der Waals surface area (Å²) in [5, 5.41) is 5.67. The molecule has 1 atom stereocenters. The Morgan fingerprint density at radius 3 is 2.93 bits per heavy atom. The van der Waals surface area contributed by atoms with Gasteiger partial charge in [0.15, 0.2) is 5.76 Å². The van der Waals surface area contributed by atoms with E-state index in [9.17, 15) is 14.4 Å². The highest BCUT2D eigenvalue weighted by molar-refractivity contribution is 5.95. The number of rotatable bonds is 3. The summed E-state index contributed by atoms with van der Waals surface area (Å²) in [5.41, 5.74) is 1.87. The Hall–Kier alpha value is -3.29. The van der Waals surface area contributed by atoms with E-state index < -0.39 is 0 Å². The maximum Gasteiger partial charge on any atom is 0.338 e. The molecule has 3 amide bonds. The van der Waals surface area contributed by atoms with Crippen molar-refractivity contribution in [2.45, 2.75) is 25.5 Å². The molecule has 1 fully saturated rings. The lowest BCUT2D eigenvalue weighted by Gasteiger charge is -2.32. The third kappa shape index (κ3) is 3.64. The van der Waals surface area contributed by atoms with Crippen LogP contribution in [0, 0.1) is 0 Å². The zero-order valence-electron chi connectivity index (χ0n) is 14.6. The molecule has 0 aliphatic carbocycles. The maximum atomic E-state index is 12.4. The summed E-state index contributed by atoms with van der Waals surface area (Å²) in [7, 11) is 0. The Kier molecular flexibility index (Phi) is 4.53. The number of likely N-dealkylation sites (tertiary alicyclic amines) is 1. The third-order valence-electron chi connectivity index (χ3n) is 4.72. The Labute approximate surface area is 155 Å². The number of nitrogens with one attached hydrogen (secondary N) is 2. The molecule has 2 aliphatic rings. The van der Waals surface area contributed by atoms with Gasteiger partial charge in [-0.25, -0.2) is 9.59 Å². The van der Waals surface area contributed by atoms with Crippen LogP contribution in [0.2, 0.25) is 0 Å². The number of ether oxygens (including phenoxy) is 1. The Morgan fingerprint density at radius 2 is 2.11 bits per heavy atom. The molecule has 0 unspecified atom stereocenters. The smallest absolute Gasteiger partial charge is 0.338 e. The molecule has 2 aliphatic heterocycles. The monoisotopic (exact) mass is 369 g/mol. The SMILES string of the molecule is O=C(Nc1ccc2c(c1)COC2=O)N[C@@H]1CCCN(C(=O)c2ccco2)C1. The first-order valence-corrected chi connectivity index (χ1v) is 8.80. The molecule has 1 aromatic carbocycles. The van der Waals surface area contributed by atoms with E-state index in [1.807, 2.05) is 0 Å². The number of carbonyl (C=O) groups is 3. The Balaban J connectivity index is 1.34. The van der Waals surface area contributed by atoms with Gasteiger partial charge in [-0.2, -0.15) is 0 Å². The van der Waals surface area contributed by atoms with Gasteiger partial charge in [0.05, 0.1) is 11.8 Å². The highest BCUT2D eigenvalue weighted by Crippen LogP contribution is 2.23. The lowest BCUT2D eigenvalue weighted by molar-refractivity contribution is 0.0534. The summed E-state index contributed by atoms with van der Waals surface area (Å²) in [6, 6.07) is 7.86. The number of anilines is 1. The number of piperidine rings is 1. The van der Waals surface area contributed by atoms with Gasteiger partial charge in [0, 0.05) is 30.4 Å². The largest absolute Gasteiger partial charge is 0.459 e. The van der Waals surface area contributed by atoms with E-state index in [1.54, 1.807) is 35.2 Å². The van der Waals surface area contributed by atoms with Crippen LogP contribution in [0.25, 0.3) is 0 Å². The average Bonchev–Trinajstić information content (AvgIpc) is 3.32. The number of hydrogen-bond acceptors (Lipinski definition) is 5. The number of cyclic esters (lactones) is 1. The highest BCUT2D eigenvalue weighted by atomic mass is 16.5. The van der Waals surface area contributed by atoms with E-state index >= 15 is 0 Å². The van der Waals surface area contributed by atoms with E-state index in [0.29, 0.717) is 30.1 Å². The summed E-state index contributed by atoms with van der Waals surface area (Å²) in [6.45, 7) is 1.29. The highest BCUT2D eigenvalue weighted by Gasteiger charge is 2.27. The second kappa shape index (κ2) is 7.14. The van der Waals surface area contributed by atoms with Crippen molar-refractivity contribution < 1.29 is 23.5 Å². The lowest BCUT2D eigenvalue weighted by Crippen LogP contribution is -2.50. The molecule has 1 saturated heterocycles. The zero-order chi connectivity index (χ0) is 18.8. The first-order valence-electron chi connectivity index (χ1n) is 8.80. The van der Waals surface area contributed by atoms with E-state index in [0.717, 1.165) is 18.4 Å². The van der Waals surface area contributed by atoms with Gasteiger partial charge in [0.1, 0.15) is 6.61 Å². The molecule has 0 radical (unpaired) electrons. The Bertz CT molecular complexity index is 877. The van der Waals surface area contributed by atoms with E-state index in [2.05, 4.69) is 10.6 Å². The van der Waals surface area contributed by atoms with Crippen molar-refractivity contribution in [3.8, 4) is 0 Å². The molecule has 27 heavy (non-hydrogen) atoms. The number of urea groups is 1. The standard InChI is InChI=1S/C19H19N3O5/c23-17(16-4-2-8-26-16)22-7-1-3-14(10-22)21-19(25)20-13-5-6-15-12(9-13)11-27-18(15)24/h2,4-6,8-9,14H,1,3,7,10-11H2,(H2,20,21,25)/t14-/m1/s1. The molecule has 8 nitrogen and oxygen atoms in total. The number of hydrogen-bond donors (Lipinski definition) is 2. The van der Waals surface area contributed by atoms with E-state index in [-0.39, 0.29) is 30.6 Å². The Morgan fingerprint density at radius 1 is 1.22 bits per heavy atom.